The average Bonchev–Trinajstić information content (AvgIpc) is 2.84. The smallest absolute Gasteiger partial charge is 0.0481 e. The fourth-order valence-corrected chi connectivity index (χ4v) is 2.00. The van der Waals surface area contributed by atoms with Gasteiger partial charge in [-0.3, -0.25) is 0 Å². The lowest BCUT2D eigenvalue weighted by atomic mass is 10.0. The Morgan fingerprint density at radius 2 is 2.07 bits per heavy atom. The molecule has 0 bridgehead atoms. The molecule has 1 heterocycles. The number of nitrogens with zero attached hydrogens (tertiary/aromatic N) is 1. The molecule has 2 nitrogen and oxygen atoms in total. The quantitative estimate of drug-likeness (QED) is 0.726. The highest BCUT2D eigenvalue weighted by Crippen LogP contribution is 2.43. The molecule has 0 spiro atoms. The molecule has 14 heavy (non-hydrogen) atoms. The van der Waals surface area contributed by atoms with Crippen molar-refractivity contribution in [1.29, 1.82) is 0 Å². The van der Waals surface area contributed by atoms with Crippen LogP contribution in [0.4, 0.5) is 0 Å². The molecule has 0 unspecified atom stereocenters. The molecular weight excluding hydrogens is 172 g/mol. The van der Waals surface area contributed by atoms with Crippen LogP contribution in [0.2, 0.25) is 0 Å². The van der Waals surface area contributed by atoms with E-state index in [4.69, 9.17) is 5.73 Å². The van der Waals surface area contributed by atoms with Crippen molar-refractivity contribution in [3.63, 3.8) is 0 Å². The normalized spacial score (nSPS) is 18.7. The van der Waals surface area contributed by atoms with Gasteiger partial charge < -0.3 is 10.3 Å². The van der Waals surface area contributed by atoms with Crippen LogP contribution in [0.1, 0.15) is 18.4 Å². The van der Waals surface area contributed by atoms with E-state index in [1.54, 1.807) is 0 Å². The van der Waals surface area contributed by atoms with Gasteiger partial charge in [-0.05, 0) is 35.9 Å². The summed E-state index contributed by atoms with van der Waals surface area (Å²) in [5, 5.41) is 1.29. The molecule has 72 valence electrons. The van der Waals surface area contributed by atoms with Crippen LogP contribution in [0.5, 0.6) is 0 Å². The number of benzene rings is 1. The van der Waals surface area contributed by atoms with E-state index in [1.807, 2.05) is 0 Å². The molecule has 1 aliphatic carbocycles. The predicted octanol–water partition coefficient (Wildman–Crippen LogP) is 2.13. The Morgan fingerprint density at radius 1 is 1.29 bits per heavy atom. The third-order valence-electron chi connectivity index (χ3n) is 3.25. The number of rotatable bonds is 1. The van der Waals surface area contributed by atoms with Gasteiger partial charge in [0.1, 0.15) is 0 Å². The van der Waals surface area contributed by atoms with E-state index in [0.29, 0.717) is 0 Å². The third-order valence-corrected chi connectivity index (χ3v) is 3.25. The van der Waals surface area contributed by atoms with Crippen molar-refractivity contribution in [2.24, 2.45) is 12.8 Å². The van der Waals surface area contributed by atoms with Crippen LogP contribution in [-0.4, -0.2) is 4.57 Å². The molecule has 2 aromatic rings. The Balaban J connectivity index is 2.23. The molecule has 2 heteroatoms. The molecular formula is C12H14N2. The Kier molecular flexibility index (Phi) is 1.38. The molecule has 1 saturated carbocycles. The van der Waals surface area contributed by atoms with Gasteiger partial charge in [0.2, 0.25) is 0 Å². The van der Waals surface area contributed by atoms with Crippen molar-refractivity contribution in [2.75, 3.05) is 0 Å². The zero-order valence-electron chi connectivity index (χ0n) is 8.33. The van der Waals surface area contributed by atoms with Gasteiger partial charge in [-0.2, -0.15) is 0 Å². The minimum Gasteiger partial charge on any atom is -0.351 e. The first-order valence-electron chi connectivity index (χ1n) is 5.03. The summed E-state index contributed by atoms with van der Waals surface area (Å²) in [5.74, 6) is 0. The fourth-order valence-electron chi connectivity index (χ4n) is 2.00. The standard InChI is InChI=1S/C12H14N2/c1-14-7-4-9-2-3-10(8-11(9)14)12(13)5-6-12/h2-4,7-8H,5-6,13H2,1H3. The lowest BCUT2D eigenvalue weighted by Gasteiger charge is -2.09. The molecule has 1 aromatic carbocycles. The molecule has 1 aromatic heterocycles. The van der Waals surface area contributed by atoms with Crippen LogP contribution >= 0.6 is 0 Å². The molecule has 0 atom stereocenters. The topological polar surface area (TPSA) is 30.9 Å². The lowest BCUT2D eigenvalue weighted by Crippen LogP contribution is -2.18. The zero-order chi connectivity index (χ0) is 9.76. The summed E-state index contributed by atoms with van der Waals surface area (Å²) in [4.78, 5) is 0. The van der Waals surface area contributed by atoms with E-state index in [0.717, 1.165) is 12.8 Å². The van der Waals surface area contributed by atoms with Gasteiger partial charge in [0, 0.05) is 24.3 Å². The van der Waals surface area contributed by atoms with Crippen LogP contribution in [-0.2, 0) is 12.6 Å². The average molecular weight is 186 g/mol. The highest BCUT2D eigenvalue weighted by atomic mass is 14.9. The zero-order valence-corrected chi connectivity index (χ0v) is 8.33. The lowest BCUT2D eigenvalue weighted by molar-refractivity contribution is 0.740. The van der Waals surface area contributed by atoms with Crippen molar-refractivity contribution in [2.45, 2.75) is 18.4 Å². The largest absolute Gasteiger partial charge is 0.351 e. The molecule has 0 saturated heterocycles. The Morgan fingerprint density at radius 3 is 2.79 bits per heavy atom. The van der Waals surface area contributed by atoms with Gasteiger partial charge in [0.05, 0.1) is 0 Å². The minimum atomic E-state index is -0.0154. The van der Waals surface area contributed by atoms with Crippen molar-refractivity contribution >= 4 is 10.9 Å². The van der Waals surface area contributed by atoms with Gasteiger partial charge in [0.15, 0.2) is 0 Å². The van der Waals surface area contributed by atoms with Crippen molar-refractivity contribution < 1.29 is 0 Å². The number of nitrogens with two attached hydrogens (primary N) is 1. The summed E-state index contributed by atoms with van der Waals surface area (Å²) >= 11 is 0. The molecule has 1 fully saturated rings. The van der Waals surface area contributed by atoms with Crippen LogP contribution < -0.4 is 5.73 Å². The van der Waals surface area contributed by atoms with E-state index in [1.165, 1.54) is 16.5 Å². The maximum Gasteiger partial charge on any atom is 0.0481 e. The van der Waals surface area contributed by atoms with Crippen LogP contribution in [0, 0.1) is 0 Å². The summed E-state index contributed by atoms with van der Waals surface area (Å²) in [5.41, 5.74) is 8.71. The van der Waals surface area contributed by atoms with E-state index in [9.17, 15) is 0 Å². The number of hydrogen-bond donors (Lipinski definition) is 1. The van der Waals surface area contributed by atoms with Crippen LogP contribution in [0.15, 0.2) is 30.5 Å². The van der Waals surface area contributed by atoms with Gasteiger partial charge in [-0.1, -0.05) is 12.1 Å². The van der Waals surface area contributed by atoms with E-state index in [2.05, 4.69) is 42.1 Å². The van der Waals surface area contributed by atoms with E-state index in [-0.39, 0.29) is 5.54 Å². The number of fused-ring (bicyclic) bond motifs is 1. The number of hydrogen-bond acceptors (Lipinski definition) is 1. The summed E-state index contributed by atoms with van der Waals surface area (Å²) in [7, 11) is 2.07. The fraction of sp³-hybridized carbons (Fsp3) is 0.333. The summed E-state index contributed by atoms with van der Waals surface area (Å²) in [6.45, 7) is 0. The number of aryl methyl sites for hydroxylation is 1. The monoisotopic (exact) mass is 186 g/mol. The minimum absolute atomic E-state index is 0.0154. The van der Waals surface area contributed by atoms with Gasteiger partial charge >= 0.3 is 0 Å². The van der Waals surface area contributed by atoms with Crippen molar-refractivity contribution in [3.05, 3.63) is 36.0 Å². The second-order valence-corrected chi connectivity index (χ2v) is 4.36. The Hall–Kier alpha value is -1.28. The van der Waals surface area contributed by atoms with Gasteiger partial charge in [0.25, 0.3) is 0 Å². The Labute approximate surface area is 83.3 Å². The Bertz CT molecular complexity index is 492. The summed E-state index contributed by atoms with van der Waals surface area (Å²) in [6, 6.07) is 8.68. The number of aromatic nitrogens is 1. The summed E-state index contributed by atoms with van der Waals surface area (Å²) in [6.07, 6.45) is 4.34. The second-order valence-electron chi connectivity index (χ2n) is 4.36. The van der Waals surface area contributed by atoms with Crippen LogP contribution in [0.25, 0.3) is 10.9 Å². The van der Waals surface area contributed by atoms with E-state index < -0.39 is 0 Å². The molecule has 0 radical (unpaired) electrons. The second kappa shape index (κ2) is 2.39. The molecule has 0 aliphatic heterocycles. The highest BCUT2D eigenvalue weighted by Gasteiger charge is 2.39. The maximum absolute atomic E-state index is 6.17. The van der Waals surface area contributed by atoms with Gasteiger partial charge in [-0.15, -0.1) is 0 Å². The van der Waals surface area contributed by atoms with Gasteiger partial charge in [-0.25, -0.2) is 0 Å². The third kappa shape index (κ3) is 1.01. The van der Waals surface area contributed by atoms with Crippen LogP contribution in [0.3, 0.4) is 0 Å². The highest BCUT2D eigenvalue weighted by molar-refractivity contribution is 5.81. The van der Waals surface area contributed by atoms with Crippen molar-refractivity contribution in [3.8, 4) is 0 Å². The molecule has 0 amide bonds. The first-order chi connectivity index (χ1) is 6.69. The SMILES string of the molecule is Cn1ccc2ccc(C3(N)CC3)cc21. The van der Waals surface area contributed by atoms with E-state index >= 15 is 0 Å². The first-order valence-corrected chi connectivity index (χ1v) is 5.03. The maximum atomic E-state index is 6.17. The summed E-state index contributed by atoms with van der Waals surface area (Å²) < 4.78 is 2.14. The molecule has 1 aliphatic rings. The predicted molar refractivity (Wildman–Crippen MR) is 58.0 cm³/mol. The van der Waals surface area contributed by atoms with Crippen molar-refractivity contribution in [1.82, 2.24) is 4.57 Å². The molecule has 2 N–H and O–H groups in total. The molecule has 3 rings (SSSR count). The first kappa shape index (κ1) is 8.06.